The molecule has 0 bridgehead atoms. The number of aliphatic hydroxyl groups is 2. The van der Waals surface area contributed by atoms with Gasteiger partial charge in [-0.1, -0.05) is 0 Å². The van der Waals surface area contributed by atoms with E-state index in [1.165, 1.54) is 56.1 Å². The molecule has 0 spiro atoms. The van der Waals surface area contributed by atoms with E-state index in [1.54, 1.807) is 27.7 Å². The third kappa shape index (κ3) is 11.2. The Kier molecular flexibility index (Phi) is 19.7. The van der Waals surface area contributed by atoms with Gasteiger partial charge in [-0.2, -0.15) is 0 Å². The second-order valence-corrected chi connectivity index (χ2v) is 20.2. The predicted molar refractivity (Wildman–Crippen MR) is 304 cm³/mol. The molecule has 0 fully saturated rings. The van der Waals surface area contributed by atoms with E-state index < -0.39 is 95.0 Å². The number of carbonyl (C=O) groups is 2. The van der Waals surface area contributed by atoms with E-state index in [0.29, 0.717) is 46.5 Å². The molecule has 8 rings (SSSR count). The van der Waals surface area contributed by atoms with Crippen LogP contribution in [0.4, 0.5) is 52.7 Å². The van der Waals surface area contributed by atoms with Crippen LogP contribution in [-0.4, -0.2) is 64.8 Å². The van der Waals surface area contributed by atoms with Crippen molar-refractivity contribution in [3.63, 3.8) is 0 Å². The van der Waals surface area contributed by atoms with Gasteiger partial charge in [0.2, 0.25) is 0 Å². The molecule has 10 nitrogen and oxygen atoms in total. The summed E-state index contributed by atoms with van der Waals surface area (Å²) in [5.41, 5.74) is 2.01. The monoisotopic (exact) mass is 1240 g/mol. The summed E-state index contributed by atoms with van der Waals surface area (Å²) in [5.74, 6) is -20.1. The summed E-state index contributed by atoms with van der Waals surface area (Å²) < 4.78 is 205. The Bertz CT molecular complexity index is 3840. The van der Waals surface area contributed by atoms with Crippen molar-refractivity contribution in [2.45, 2.75) is 68.6 Å². The van der Waals surface area contributed by atoms with E-state index >= 15 is 0 Å². The van der Waals surface area contributed by atoms with Gasteiger partial charge in [0.05, 0.1) is 67.0 Å². The van der Waals surface area contributed by atoms with Crippen LogP contribution >= 0.6 is 0 Å². The lowest BCUT2D eigenvalue weighted by molar-refractivity contribution is 0.0590. The molecule has 2 N–H and O–H groups in total. The number of methoxy groups -OCH3 is 6. The highest BCUT2D eigenvalue weighted by Crippen LogP contribution is 2.53. The number of ether oxygens (including phenoxy) is 6. The van der Waals surface area contributed by atoms with Crippen LogP contribution in [0.1, 0.15) is 76.4 Å². The molecule has 0 saturated heterocycles. The van der Waals surface area contributed by atoms with Crippen LogP contribution in [-0.2, 0) is 22.7 Å². The Morgan fingerprint density at radius 1 is 0.307 bits per heavy atom. The topological polar surface area (TPSA) is 130 Å². The zero-order valence-electron chi connectivity index (χ0n) is 49.7. The fourth-order valence-corrected chi connectivity index (χ4v) is 11.9. The summed E-state index contributed by atoms with van der Waals surface area (Å²) in [6.07, 6.45) is 0. The number of hydrogen-bond acceptors (Lipinski definition) is 10. The molecule has 0 aromatic heterocycles. The first-order chi connectivity index (χ1) is 41.5. The van der Waals surface area contributed by atoms with Gasteiger partial charge in [0, 0.05) is 44.5 Å². The van der Waals surface area contributed by atoms with Gasteiger partial charge in [-0.05, 0) is 182 Å². The lowest BCUT2D eigenvalue weighted by atomic mass is 9.78. The van der Waals surface area contributed by atoms with E-state index in [0.717, 1.165) is 38.5 Å². The highest BCUT2D eigenvalue weighted by Gasteiger charge is 2.36. The molecule has 0 radical (unpaired) electrons. The molecule has 8 aromatic carbocycles. The average Bonchev–Trinajstić information content (AvgIpc) is 0.742. The number of esters is 2. The zero-order valence-corrected chi connectivity index (χ0v) is 49.7. The van der Waals surface area contributed by atoms with Crippen molar-refractivity contribution < 1.29 is 101 Å². The highest BCUT2D eigenvalue weighted by molar-refractivity contribution is 6.13. The van der Waals surface area contributed by atoms with Gasteiger partial charge >= 0.3 is 11.9 Å². The van der Waals surface area contributed by atoms with Crippen molar-refractivity contribution in [3.8, 4) is 89.8 Å². The molecule has 0 amide bonds. The number of halogens is 12. The Morgan fingerprint density at radius 3 is 0.682 bits per heavy atom. The summed E-state index contributed by atoms with van der Waals surface area (Å²) >= 11 is 0. The third-order valence-electron chi connectivity index (χ3n) is 15.4. The van der Waals surface area contributed by atoms with Crippen LogP contribution in [0.2, 0.25) is 0 Å². The van der Waals surface area contributed by atoms with Crippen LogP contribution in [0.15, 0.2) is 48.5 Å². The lowest BCUT2D eigenvalue weighted by Crippen LogP contribution is -2.16. The van der Waals surface area contributed by atoms with Crippen LogP contribution in [0, 0.1) is 125 Å². The molecule has 0 aliphatic rings. The second-order valence-electron chi connectivity index (χ2n) is 20.2. The standard InChI is InChI=1S/C34H28F6O6.C32H28F6O4/c1-13-23(17-9-19(35)29(39)20(36)10-17)27(33(41)45-7)25(15(3)31(13)43-5)26-16(4)32(44-6)14(2)24(28(26)34(42)46-8)18-11-21(37)30(40)22(38)12-18;1-13-25(17-7-21(33)29(37)22(34)8-17)19(11-39)27(15(3)31(13)41-5)28-16(4)32(42-6)14(2)26(20(28)12-40)18-9-23(35)30(38)24(36)10-18/h9-12H,1-8H3;7-10,39-40H,11-12H2,1-6H3. The van der Waals surface area contributed by atoms with E-state index in [9.17, 15) is 72.5 Å². The SMILES string of the molecule is COC(=O)c1c(-c2cc(F)c(F)c(F)c2)c(C)c(OC)c(C)c1-c1c(C)c(OC)c(C)c(-c2cc(F)c(F)c(F)c2)c1C(=O)OC.COc1c(C)c(-c2cc(F)c(F)c(F)c2)c(CO)c(-c2c(C)c(OC)c(C)c(-c3cc(F)c(F)c(F)c3)c2CO)c1C. The summed E-state index contributed by atoms with van der Waals surface area (Å²) in [5, 5.41) is 21.4. The van der Waals surface area contributed by atoms with Crippen LogP contribution in [0.5, 0.6) is 23.0 Å². The fraction of sp³-hybridized carbons (Fsp3) is 0.242. The third-order valence-corrected chi connectivity index (χ3v) is 15.4. The Balaban J connectivity index is 0.000000252. The Morgan fingerprint density at radius 2 is 0.489 bits per heavy atom. The zero-order chi connectivity index (χ0) is 65.6. The van der Waals surface area contributed by atoms with Gasteiger partial charge in [-0.3, -0.25) is 0 Å². The molecule has 8 aromatic rings. The smallest absolute Gasteiger partial charge is 0.339 e. The van der Waals surface area contributed by atoms with Gasteiger partial charge in [0.1, 0.15) is 23.0 Å². The first-order valence-electron chi connectivity index (χ1n) is 26.3. The molecule has 464 valence electrons. The predicted octanol–water partition coefficient (Wildman–Crippen LogP) is 16.1. The van der Waals surface area contributed by atoms with Gasteiger partial charge in [0.25, 0.3) is 0 Å². The minimum atomic E-state index is -1.74. The van der Waals surface area contributed by atoms with Gasteiger partial charge in [-0.15, -0.1) is 0 Å². The van der Waals surface area contributed by atoms with Gasteiger partial charge in [-0.25, -0.2) is 62.3 Å². The fourth-order valence-electron chi connectivity index (χ4n) is 11.9. The summed E-state index contributed by atoms with van der Waals surface area (Å²) in [6, 6.07) is 5.92. The molecule has 0 atom stereocenters. The van der Waals surface area contributed by atoms with E-state index in [2.05, 4.69) is 0 Å². The van der Waals surface area contributed by atoms with Crippen molar-refractivity contribution in [2.24, 2.45) is 0 Å². The van der Waals surface area contributed by atoms with E-state index in [4.69, 9.17) is 28.4 Å². The van der Waals surface area contributed by atoms with E-state index in [1.807, 2.05) is 0 Å². The maximum Gasteiger partial charge on any atom is 0.339 e. The number of hydrogen-bond donors (Lipinski definition) is 2. The van der Waals surface area contributed by atoms with Crippen molar-refractivity contribution in [1.82, 2.24) is 0 Å². The Hall–Kier alpha value is -9.02. The molecule has 0 aliphatic carbocycles. The Labute approximate surface area is 497 Å². The molecular formula is C66H56F12O10. The first kappa shape index (κ1) is 66.5. The highest BCUT2D eigenvalue weighted by atomic mass is 19.2. The first-order valence-corrected chi connectivity index (χ1v) is 26.3. The quantitative estimate of drug-likeness (QED) is 0.0617. The molecular weight excluding hydrogens is 1180 g/mol. The summed E-state index contributed by atoms with van der Waals surface area (Å²) in [6.45, 7) is 11.3. The molecule has 0 saturated carbocycles. The normalized spacial score (nSPS) is 11.1. The van der Waals surface area contributed by atoms with Crippen molar-refractivity contribution in [1.29, 1.82) is 0 Å². The number of aliphatic hydroxyl groups excluding tert-OH is 2. The summed E-state index contributed by atoms with van der Waals surface area (Å²) in [4.78, 5) is 27.4. The minimum absolute atomic E-state index is 0.0602. The average molecular weight is 1240 g/mol. The molecule has 88 heavy (non-hydrogen) atoms. The van der Waals surface area contributed by atoms with Crippen molar-refractivity contribution in [2.75, 3.05) is 42.7 Å². The number of benzene rings is 8. The largest absolute Gasteiger partial charge is 0.496 e. The molecule has 22 heteroatoms. The van der Waals surface area contributed by atoms with Gasteiger partial charge < -0.3 is 38.6 Å². The molecule has 0 heterocycles. The van der Waals surface area contributed by atoms with Crippen LogP contribution in [0.3, 0.4) is 0 Å². The van der Waals surface area contributed by atoms with Crippen LogP contribution < -0.4 is 18.9 Å². The summed E-state index contributed by atoms with van der Waals surface area (Å²) in [7, 11) is 7.44. The lowest BCUT2D eigenvalue weighted by Gasteiger charge is -2.28. The second kappa shape index (κ2) is 26.1. The molecule has 0 aliphatic heterocycles. The van der Waals surface area contributed by atoms with Crippen molar-refractivity contribution >= 4 is 11.9 Å². The molecule has 0 unspecified atom stereocenters. The van der Waals surface area contributed by atoms with E-state index in [-0.39, 0.29) is 134 Å². The maximum atomic E-state index is 14.6. The van der Waals surface area contributed by atoms with Crippen LogP contribution in [0.25, 0.3) is 66.8 Å². The maximum absolute atomic E-state index is 14.6. The number of carbonyl (C=O) groups excluding carboxylic acids is 2. The minimum Gasteiger partial charge on any atom is -0.496 e. The van der Waals surface area contributed by atoms with Crippen molar-refractivity contribution in [3.05, 3.63) is 185 Å². The van der Waals surface area contributed by atoms with Gasteiger partial charge in [0.15, 0.2) is 69.8 Å². The number of rotatable bonds is 14.